The van der Waals surface area contributed by atoms with Crippen LogP contribution in [-0.2, 0) is 13.2 Å². The van der Waals surface area contributed by atoms with Crippen molar-refractivity contribution in [2.24, 2.45) is 0 Å². The normalized spacial score (nSPS) is 11.4. The highest BCUT2D eigenvalue weighted by Crippen LogP contribution is 2.20. The van der Waals surface area contributed by atoms with Crippen molar-refractivity contribution >= 4 is 11.9 Å². The van der Waals surface area contributed by atoms with Crippen molar-refractivity contribution in [2.75, 3.05) is 0 Å². The molecule has 5 heteroatoms. The van der Waals surface area contributed by atoms with Crippen LogP contribution in [0.3, 0.4) is 0 Å². The molecular weight excluding hydrogens is 340 g/mol. The summed E-state index contributed by atoms with van der Waals surface area (Å²) in [6.45, 7) is 7.37. The van der Waals surface area contributed by atoms with Gasteiger partial charge < -0.3 is 9.15 Å². The van der Waals surface area contributed by atoms with Crippen LogP contribution >= 0.6 is 0 Å². The standard InChI is InChI=1S/C22H24N2O3/c1-4-24-14-18(13-23-24)22(25)12-11-20-9-10-21(27-20)15-26-19-7-5-17(6-8-19)16(2)3/h5-14,16H,4,15H2,1-3H3/b12-11+. The van der Waals surface area contributed by atoms with Gasteiger partial charge in [0.1, 0.15) is 23.9 Å². The van der Waals surface area contributed by atoms with Crippen LogP contribution < -0.4 is 4.74 Å². The smallest absolute Gasteiger partial charge is 0.189 e. The van der Waals surface area contributed by atoms with E-state index in [1.807, 2.05) is 31.2 Å². The first-order valence-electron chi connectivity index (χ1n) is 9.11. The second kappa shape index (κ2) is 8.54. The first-order chi connectivity index (χ1) is 13.0. The summed E-state index contributed by atoms with van der Waals surface area (Å²) < 4.78 is 13.2. The van der Waals surface area contributed by atoms with Crippen LogP contribution in [0.4, 0.5) is 0 Å². The van der Waals surface area contributed by atoms with Gasteiger partial charge in [-0.15, -0.1) is 0 Å². The Kier molecular flexibility index (Phi) is 5.91. The van der Waals surface area contributed by atoms with E-state index in [1.54, 1.807) is 23.2 Å². The molecule has 27 heavy (non-hydrogen) atoms. The number of hydrogen-bond acceptors (Lipinski definition) is 4. The van der Waals surface area contributed by atoms with E-state index < -0.39 is 0 Å². The summed E-state index contributed by atoms with van der Waals surface area (Å²) in [5, 5.41) is 4.10. The van der Waals surface area contributed by atoms with E-state index in [2.05, 4.69) is 31.1 Å². The van der Waals surface area contributed by atoms with E-state index in [1.165, 1.54) is 11.6 Å². The minimum atomic E-state index is -0.103. The number of ether oxygens (including phenoxy) is 1. The summed E-state index contributed by atoms with van der Waals surface area (Å²) in [5.74, 6) is 2.51. The third-order valence-corrected chi connectivity index (χ3v) is 4.25. The Bertz CT molecular complexity index is 917. The number of carbonyl (C=O) groups excluding carboxylic acids is 1. The van der Waals surface area contributed by atoms with E-state index in [0.717, 1.165) is 12.3 Å². The quantitative estimate of drug-likeness (QED) is 0.412. The fourth-order valence-electron chi connectivity index (χ4n) is 2.58. The zero-order valence-corrected chi connectivity index (χ0v) is 15.9. The van der Waals surface area contributed by atoms with Crippen molar-refractivity contribution in [3.05, 3.63) is 77.5 Å². The molecule has 140 valence electrons. The van der Waals surface area contributed by atoms with Gasteiger partial charge in [-0.05, 0) is 54.8 Å². The molecule has 0 radical (unpaired) electrons. The minimum Gasteiger partial charge on any atom is -0.486 e. The Morgan fingerprint density at radius 1 is 1.22 bits per heavy atom. The maximum Gasteiger partial charge on any atom is 0.189 e. The van der Waals surface area contributed by atoms with Crippen molar-refractivity contribution in [3.8, 4) is 5.75 Å². The first-order valence-corrected chi connectivity index (χ1v) is 9.11. The predicted molar refractivity (Wildman–Crippen MR) is 105 cm³/mol. The molecule has 0 amide bonds. The molecule has 0 aliphatic heterocycles. The second-order valence-corrected chi connectivity index (χ2v) is 6.60. The fourth-order valence-corrected chi connectivity index (χ4v) is 2.58. The van der Waals surface area contributed by atoms with Gasteiger partial charge in [-0.3, -0.25) is 9.48 Å². The molecule has 0 fully saturated rings. The van der Waals surface area contributed by atoms with Crippen LogP contribution in [0, 0.1) is 0 Å². The molecule has 0 aliphatic rings. The number of benzene rings is 1. The van der Waals surface area contributed by atoms with Crippen LogP contribution in [0.1, 0.15) is 54.1 Å². The van der Waals surface area contributed by atoms with Crippen LogP contribution in [0.25, 0.3) is 6.08 Å². The summed E-state index contributed by atoms with van der Waals surface area (Å²) in [5.41, 5.74) is 1.84. The molecule has 2 heterocycles. The maximum atomic E-state index is 12.1. The van der Waals surface area contributed by atoms with E-state index in [9.17, 15) is 4.79 Å². The van der Waals surface area contributed by atoms with Crippen molar-refractivity contribution in [2.45, 2.75) is 39.8 Å². The molecule has 0 bridgehead atoms. The SMILES string of the molecule is CCn1cc(C(=O)/C=C/c2ccc(COc3ccc(C(C)C)cc3)o2)cn1. The summed E-state index contributed by atoms with van der Waals surface area (Å²) in [7, 11) is 0. The highest BCUT2D eigenvalue weighted by atomic mass is 16.5. The molecule has 0 N–H and O–H groups in total. The van der Waals surface area contributed by atoms with Crippen LogP contribution in [0.5, 0.6) is 5.75 Å². The van der Waals surface area contributed by atoms with Crippen molar-refractivity contribution in [3.63, 3.8) is 0 Å². The largest absolute Gasteiger partial charge is 0.486 e. The Hall–Kier alpha value is -3.08. The van der Waals surface area contributed by atoms with Gasteiger partial charge in [-0.25, -0.2) is 0 Å². The van der Waals surface area contributed by atoms with Gasteiger partial charge >= 0.3 is 0 Å². The van der Waals surface area contributed by atoms with E-state index >= 15 is 0 Å². The Balaban J connectivity index is 1.55. The fraction of sp³-hybridized carbons (Fsp3) is 0.273. The lowest BCUT2D eigenvalue weighted by Gasteiger charge is -2.07. The van der Waals surface area contributed by atoms with Gasteiger partial charge in [-0.1, -0.05) is 26.0 Å². The Morgan fingerprint density at radius 2 is 2.00 bits per heavy atom. The number of carbonyl (C=O) groups is 1. The van der Waals surface area contributed by atoms with E-state index in [0.29, 0.717) is 29.6 Å². The lowest BCUT2D eigenvalue weighted by molar-refractivity contribution is 0.104. The lowest BCUT2D eigenvalue weighted by Crippen LogP contribution is -1.94. The number of ketones is 1. The molecule has 5 nitrogen and oxygen atoms in total. The van der Waals surface area contributed by atoms with Crippen molar-refractivity contribution < 1.29 is 13.9 Å². The van der Waals surface area contributed by atoms with Crippen LogP contribution in [0.15, 0.2) is 59.3 Å². The second-order valence-electron chi connectivity index (χ2n) is 6.60. The van der Waals surface area contributed by atoms with Gasteiger partial charge in [0.15, 0.2) is 5.78 Å². The number of hydrogen-bond donors (Lipinski definition) is 0. The number of aryl methyl sites for hydroxylation is 1. The highest BCUT2D eigenvalue weighted by Gasteiger charge is 2.06. The topological polar surface area (TPSA) is 57.3 Å². The number of aromatic nitrogens is 2. The average molecular weight is 364 g/mol. The summed E-state index contributed by atoms with van der Waals surface area (Å²) in [4.78, 5) is 12.1. The molecule has 3 aromatic rings. The third kappa shape index (κ3) is 4.97. The average Bonchev–Trinajstić information content (AvgIpc) is 3.34. The molecule has 0 saturated carbocycles. The molecule has 1 aromatic carbocycles. The lowest BCUT2D eigenvalue weighted by atomic mass is 10.0. The molecule has 0 spiro atoms. The summed E-state index contributed by atoms with van der Waals surface area (Å²) in [6, 6.07) is 11.7. The molecule has 0 aliphatic carbocycles. The molecule has 2 aromatic heterocycles. The van der Waals surface area contributed by atoms with Crippen molar-refractivity contribution in [1.29, 1.82) is 0 Å². The first kappa shape index (κ1) is 18.7. The molecule has 0 saturated heterocycles. The number of allylic oxidation sites excluding steroid dienone is 1. The molecular formula is C22H24N2O3. The van der Waals surface area contributed by atoms with Gasteiger partial charge in [0.2, 0.25) is 0 Å². The number of furan rings is 1. The zero-order chi connectivity index (χ0) is 19.2. The van der Waals surface area contributed by atoms with Crippen molar-refractivity contribution in [1.82, 2.24) is 9.78 Å². The number of rotatable bonds is 8. The minimum absolute atomic E-state index is 0.103. The monoisotopic (exact) mass is 364 g/mol. The van der Waals surface area contributed by atoms with Gasteiger partial charge in [0.05, 0.1) is 11.8 Å². The van der Waals surface area contributed by atoms with Crippen LogP contribution in [0.2, 0.25) is 0 Å². The van der Waals surface area contributed by atoms with Gasteiger partial charge in [0, 0.05) is 12.7 Å². The Morgan fingerprint density at radius 3 is 2.67 bits per heavy atom. The Labute approximate surface area is 159 Å². The summed E-state index contributed by atoms with van der Waals surface area (Å²) in [6.07, 6.45) is 6.46. The van der Waals surface area contributed by atoms with Gasteiger partial charge in [0.25, 0.3) is 0 Å². The molecule has 0 atom stereocenters. The van der Waals surface area contributed by atoms with Gasteiger partial charge in [-0.2, -0.15) is 5.10 Å². The maximum absolute atomic E-state index is 12.1. The van der Waals surface area contributed by atoms with Crippen LogP contribution in [-0.4, -0.2) is 15.6 Å². The third-order valence-electron chi connectivity index (χ3n) is 4.25. The number of nitrogens with zero attached hydrogens (tertiary/aromatic N) is 2. The predicted octanol–water partition coefficient (Wildman–Crippen LogP) is 5.09. The van der Waals surface area contributed by atoms with E-state index in [4.69, 9.17) is 9.15 Å². The molecule has 3 rings (SSSR count). The highest BCUT2D eigenvalue weighted by molar-refractivity contribution is 6.06. The molecule has 0 unspecified atom stereocenters. The van der Waals surface area contributed by atoms with E-state index in [-0.39, 0.29) is 5.78 Å². The zero-order valence-electron chi connectivity index (χ0n) is 15.9. The summed E-state index contributed by atoms with van der Waals surface area (Å²) >= 11 is 0.